The molecule has 0 atom stereocenters. The van der Waals surface area contributed by atoms with Crippen molar-refractivity contribution in [2.45, 2.75) is 0 Å². The van der Waals surface area contributed by atoms with Crippen molar-refractivity contribution in [3.05, 3.63) is 39.9 Å². The second-order valence-corrected chi connectivity index (χ2v) is 4.71. The minimum absolute atomic E-state index is 0.224. The minimum atomic E-state index is -0.224. The molecule has 13 heavy (non-hydrogen) atoms. The molecule has 0 aliphatic carbocycles. The lowest BCUT2D eigenvalue weighted by Gasteiger charge is -1.94. The van der Waals surface area contributed by atoms with Gasteiger partial charge in [-0.15, -0.1) is 0 Å². The molecule has 2 rings (SSSR count). The third kappa shape index (κ3) is 1.95. The van der Waals surface area contributed by atoms with Crippen LogP contribution in [0, 0.1) is 5.82 Å². The smallest absolute Gasteiger partial charge is 0.123 e. The Morgan fingerprint density at radius 2 is 1.92 bits per heavy atom. The van der Waals surface area contributed by atoms with Crippen molar-refractivity contribution in [2.75, 3.05) is 0 Å². The van der Waals surface area contributed by atoms with E-state index in [1.54, 1.807) is 12.1 Å². The molecule has 2 aromatic rings. The minimum Gasteiger partial charge on any atom is -0.207 e. The summed E-state index contributed by atoms with van der Waals surface area (Å²) in [4.78, 5) is 0. The van der Waals surface area contributed by atoms with Gasteiger partial charge in [0.05, 0.1) is 9.48 Å². The summed E-state index contributed by atoms with van der Waals surface area (Å²) in [6, 6.07) is 8.22. The highest BCUT2D eigenvalue weighted by atomic mass is 79.9. The highest BCUT2D eigenvalue weighted by molar-refractivity contribution is 9.11. The molecular formula is C9H5BrFNS. The molecule has 4 heteroatoms. The number of rotatable bonds is 1. The lowest BCUT2D eigenvalue weighted by molar-refractivity contribution is 0.628. The van der Waals surface area contributed by atoms with Crippen molar-refractivity contribution < 1.29 is 4.39 Å². The van der Waals surface area contributed by atoms with Crippen LogP contribution in [-0.2, 0) is 0 Å². The van der Waals surface area contributed by atoms with Gasteiger partial charge < -0.3 is 0 Å². The molecular weight excluding hydrogens is 253 g/mol. The molecule has 1 aromatic heterocycles. The zero-order chi connectivity index (χ0) is 9.26. The molecule has 0 bridgehead atoms. The van der Waals surface area contributed by atoms with Gasteiger partial charge in [-0.2, -0.15) is 4.37 Å². The quantitative estimate of drug-likeness (QED) is 0.759. The van der Waals surface area contributed by atoms with Crippen LogP contribution in [-0.4, -0.2) is 4.37 Å². The zero-order valence-corrected chi connectivity index (χ0v) is 8.90. The SMILES string of the molecule is Fc1ccc(-c2cc(Br)sn2)cc1. The summed E-state index contributed by atoms with van der Waals surface area (Å²) in [6.45, 7) is 0. The van der Waals surface area contributed by atoms with Crippen LogP contribution in [0.4, 0.5) is 4.39 Å². The molecule has 0 saturated heterocycles. The van der Waals surface area contributed by atoms with Gasteiger partial charge in [-0.05, 0) is 57.8 Å². The molecule has 0 spiro atoms. The third-order valence-electron chi connectivity index (χ3n) is 1.62. The van der Waals surface area contributed by atoms with E-state index in [2.05, 4.69) is 20.3 Å². The Hall–Kier alpha value is -0.740. The third-order valence-corrected chi connectivity index (χ3v) is 2.86. The van der Waals surface area contributed by atoms with E-state index >= 15 is 0 Å². The van der Waals surface area contributed by atoms with Crippen LogP contribution in [0.3, 0.4) is 0 Å². The largest absolute Gasteiger partial charge is 0.207 e. The van der Waals surface area contributed by atoms with Crippen LogP contribution in [0.1, 0.15) is 0 Å². The summed E-state index contributed by atoms with van der Waals surface area (Å²) in [6.07, 6.45) is 0. The zero-order valence-electron chi connectivity index (χ0n) is 6.50. The lowest BCUT2D eigenvalue weighted by Crippen LogP contribution is -1.76. The van der Waals surface area contributed by atoms with Crippen LogP contribution < -0.4 is 0 Å². The highest BCUT2D eigenvalue weighted by Gasteiger charge is 2.02. The molecule has 66 valence electrons. The summed E-state index contributed by atoms with van der Waals surface area (Å²) in [5.74, 6) is -0.224. The fraction of sp³-hybridized carbons (Fsp3) is 0. The van der Waals surface area contributed by atoms with Crippen molar-refractivity contribution in [1.82, 2.24) is 4.37 Å². The van der Waals surface area contributed by atoms with E-state index in [4.69, 9.17) is 0 Å². The van der Waals surface area contributed by atoms with Crippen molar-refractivity contribution in [1.29, 1.82) is 0 Å². The first-order chi connectivity index (χ1) is 6.25. The molecule has 0 fully saturated rings. The first-order valence-electron chi connectivity index (χ1n) is 3.64. The normalized spacial score (nSPS) is 10.3. The van der Waals surface area contributed by atoms with E-state index in [0.717, 1.165) is 15.0 Å². The number of hydrogen-bond donors (Lipinski definition) is 0. The topological polar surface area (TPSA) is 12.9 Å². The predicted octanol–water partition coefficient (Wildman–Crippen LogP) is 3.71. The van der Waals surface area contributed by atoms with E-state index in [1.165, 1.54) is 23.7 Å². The Bertz CT molecular complexity index is 410. The number of nitrogens with zero attached hydrogens (tertiary/aromatic N) is 1. The van der Waals surface area contributed by atoms with Crippen molar-refractivity contribution in [2.24, 2.45) is 0 Å². The fourth-order valence-electron chi connectivity index (χ4n) is 1.01. The highest BCUT2D eigenvalue weighted by Crippen LogP contribution is 2.25. The lowest BCUT2D eigenvalue weighted by atomic mass is 10.1. The average Bonchev–Trinajstić information content (AvgIpc) is 2.53. The first-order valence-corrected chi connectivity index (χ1v) is 5.20. The van der Waals surface area contributed by atoms with Crippen LogP contribution in [0.5, 0.6) is 0 Å². The standard InChI is InChI=1S/C9H5BrFNS/c10-9-5-8(12-13-9)6-1-3-7(11)4-2-6/h1-5H. The van der Waals surface area contributed by atoms with Gasteiger partial charge in [0.2, 0.25) is 0 Å². The number of hydrogen-bond acceptors (Lipinski definition) is 2. The molecule has 0 amide bonds. The van der Waals surface area contributed by atoms with Crippen molar-refractivity contribution in [3.63, 3.8) is 0 Å². The summed E-state index contributed by atoms with van der Waals surface area (Å²) in [7, 11) is 0. The summed E-state index contributed by atoms with van der Waals surface area (Å²) < 4.78 is 17.7. The number of halogens is 2. The van der Waals surface area contributed by atoms with Gasteiger partial charge in [0.15, 0.2) is 0 Å². The second kappa shape index (κ2) is 3.55. The van der Waals surface area contributed by atoms with E-state index in [9.17, 15) is 4.39 Å². The Morgan fingerprint density at radius 3 is 2.46 bits per heavy atom. The molecule has 0 N–H and O–H groups in total. The second-order valence-electron chi connectivity index (χ2n) is 2.52. The Kier molecular flexibility index (Phi) is 2.42. The van der Waals surface area contributed by atoms with Gasteiger partial charge in [-0.3, -0.25) is 0 Å². The molecule has 1 nitrogen and oxygen atoms in total. The maximum atomic E-state index is 12.6. The summed E-state index contributed by atoms with van der Waals surface area (Å²) in [5.41, 5.74) is 1.81. The van der Waals surface area contributed by atoms with Crippen LogP contribution in [0.25, 0.3) is 11.3 Å². The molecule has 0 aliphatic heterocycles. The fourth-order valence-corrected chi connectivity index (χ4v) is 1.95. The average molecular weight is 258 g/mol. The first kappa shape index (κ1) is 8.84. The Balaban J connectivity index is 2.41. The molecule has 0 aliphatic rings. The van der Waals surface area contributed by atoms with Crippen LogP contribution >= 0.6 is 27.5 Å². The van der Waals surface area contributed by atoms with Gasteiger partial charge in [0.25, 0.3) is 0 Å². The van der Waals surface area contributed by atoms with E-state index in [1.807, 2.05) is 6.07 Å². The van der Waals surface area contributed by atoms with E-state index in [0.29, 0.717) is 0 Å². The van der Waals surface area contributed by atoms with Gasteiger partial charge in [0.1, 0.15) is 5.82 Å². The Morgan fingerprint density at radius 1 is 1.23 bits per heavy atom. The Labute approximate surface area is 87.5 Å². The maximum Gasteiger partial charge on any atom is 0.123 e. The number of benzene rings is 1. The van der Waals surface area contributed by atoms with Crippen molar-refractivity contribution >= 4 is 27.5 Å². The molecule has 1 aromatic carbocycles. The van der Waals surface area contributed by atoms with Gasteiger partial charge in [-0.25, -0.2) is 4.39 Å². The number of aromatic nitrogens is 1. The van der Waals surface area contributed by atoms with E-state index < -0.39 is 0 Å². The van der Waals surface area contributed by atoms with Crippen molar-refractivity contribution in [3.8, 4) is 11.3 Å². The summed E-state index contributed by atoms with van der Waals surface area (Å²) >= 11 is 4.70. The van der Waals surface area contributed by atoms with Crippen LogP contribution in [0.15, 0.2) is 34.1 Å². The van der Waals surface area contributed by atoms with Gasteiger partial charge in [-0.1, -0.05) is 0 Å². The molecule has 0 saturated carbocycles. The molecule has 1 heterocycles. The van der Waals surface area contributed by atoms with Gasteiger partial charge >= 0.3 is 0 Å². The summed E-state index contributed by atoms with van der Waals surface area (Å²) in [5, 5.41) is 0. The maximum absolute atomic E-state index is 12.6. The van der Waals surface area contributed by atoms with Gasteiger partial charge in [0, 0.05) is 5.56 Å². The van der Waals surface area contributed by atoms with Crippen LogP contribution in [0.2, 0.25) is 0 Å². The van der Waals surface area contributed by atoms with E-state index in [-0.39, 0.29) is 5.82 Å². The monoisotopic (exact) mass is 257 g/mol. The molecule has 0 unspecified atom stereocenters. The molecule has 0 radical (unpaired) electrons. The predicted molar refractivity (Wildman–Crippen MR) is 55.2 cm³/mol.